The first-order valence-electron chi connectivity index (χ1n) is 6.18. The Bertz CT molecular complexity index is 595. The minimum Gasteiger partial charge on any atom is -0.382 e. The van der Waals surface area contributed by atoms with Crippen LogP contribution in [0.5, 0.6) is 0 Å². The van der Waals surface area contributed by atoms with E-state index in [-0.39, 0.29) is 0 Å². The van der Waals surface area contributed by atoms with Gasteiger partial charge in [-0.2, -0.15) is 0 Å². The fourth-order valence-corrected chi connectivity index (χ4v) is 2.47. The van der Waals surface area contributed by atoms with Gasteiger partial charge in [0.2, 0.25) is 0 Å². The third-order valence-electron chi connectivity index (χ3n) is 2.80. The molecule has 0 aliphatic rings. The average molecular weight is 295 g/mol. The zero-order valence-electron chi connectivity index (χ0n) is 11.0. The van der Waals surface area contributed by atoms with Crippen molar-refractivity contribution in [2.24, 2.45) is 5.92 Å². The van der Waals surface area contributed by atoms with Gasteiger partial charge in [-0.25, -0.2) is 4.98 Å². The molecule has 4 heteroatoms. The summed E-state index contributed by atoms with van der Waals surface area (Å²) in [4.78, 5) is 4.28. The molecular formula is C15H16Cl2N2. The van der Waals surface area contributed by atoms with Gasteiger partial charge in [-0.1, -0.05) is 55.2 Å². The molecule has 2 aromatic rings. The van der Waals surface area contributed by atoms with E-state index in [4.69, 9.17) is 28.9 Å². The summed E-state index contributed by atoms with van der Waals surface area (Å²) in [5.41, 5.74) is 8.65. The predicted molar refractivity (Wildman–Crippen MR) is 82.6 cm³/mol. The molecule has 2 nitrogen and oxygen atoms in total. The summed E-state index contributed by atoms with van der Waals surface area (Å²) in [7, 11) is 0. The van der Waals surface area contributed by atoms with Crippen LogP contribution in [0.2, 0.25) is 10.0 Å². The van der Waals surface area contributed by atoms with Gasteiger partial charge in [-0.3, -0.25) is 0 Å². The molecule has 1 aromatic carbocycles. The third kappa shape index (κ3) is 3.40. The van der Waals surface area contributed by atoms with Gasteiger partial charge in [0.25, 0.3) is 0 Å². The maximum absolute atomic E-state index is 6.19. The SMILES string of the molecule is CC(C)Cc1cccc(-c2nc(N)c(Cl)cc2Cl)c1. The van der Waals surface area contributed by atoms with Crippen molar-refractivity contribution in [3.8, 4) is 11.3 Å². The van der Waals surface area contributed by atoms with E-state index in [0.29, 0.717) is 27.5 Å². The molecule has 1 aromatic heterocycles. The summed E-state index contributed by atoms with van der Waals surface area (Å²) < 4.78 is 0. The molecule has 19 heavy (non-hydrogen) atoms. The van der Waals surface area contributed by atoms with Crippen LogP contribution >= 0.6 is 23.2 Å². The van der Waals surface area contributed by atoms with Crippen molar-refractivity contribution in [1.29, 1.82) is 0 Å². The van der Waals surface area contributed by atoms with Crippen molar-refractivity contribution in [1.82, 2.24) is 4.98 Å². The van der Waals surface area contributed by atoms with Gasteiger partial charge in [0.1, 0.15) is 5.82 Å². The minimum atomic E-state index is 0.301. The Hall–Kier alpha value is -1.25. The first-order chi connectivity index (χ1) is 8.97. The number of halogens is 2. The standard InChI is InChI=1S/C15H16Cl2N2/c1-9(2)6-10-4-3-5-11(7-10)14-12(16)8-13(17)15(18)19-14/h3-5,7-9H,6H2,1-2H3,(H2,18,19). The van der Waals surface area contributed by atoms with E-state index >= 15 is 0 Å². The van der Waals surface area contributed by atoms with Crippen LogP contribution in [0.3, 0.4) is 0 Å². The number of anilines is 1. The second-order valence-corrected chi connectivity index (χ2v) is 5.80. The molecule has 2 rings (SSSR count). The van der Waals surface area contributed by atoms with E-state index in [1.165, 1.54) is 5.56 Å². The molecule has 100 valence electrons. The molecule has 0 fully saturated rings. The number of pyridine rings is 1. The lowest BCUT2D eigenvalue weighted by atomic mass is 10.00. The molecule has 0 radical (unpaired) electrons. The van der Waals surface area contributed by atoms with Crippen molar-refractivity contribution >= 4 is 29.0 Å². The highest BCUT2D eigenvalue weighted by Gasteiger charge is 2.10. The van der Waals surface area contributed by atoms with Gasteiger partial charge in [0.15, 0.2) is 0 Å². The third-order valence-corrected chi connectivity index (χ3v) is 3.39. The van der Waals surface area contributed by atoms with Gasteiger partial charge < -0.3 is 5.73 Å². The fraction of sp³-hybridized carbons (Fsp3) is 0.267. The lowest BCUT2D eigenvalue weighted by Crippen LogP contribution is -1.97. The molecule has 0 saturated carbocycles. The first-order valence-corrected chi connectivity index (χ1v) is 6.94. The summed E-state index contributed by atoms with van der Waals surface area (Å²) in [5, 5.41) is 0.896. The van der Waals surface area contributed by atoms with Crippen molar-refractivity contribution < 1.29 is 0 Å². The van der Waals surface area contributed by atoms with Crippen LogP contribution in [0.15, 0.2) is 30.3 Å². The first kappa shape index (κ1) is 14.2. The van der Waals surface area contributed by atoms with Crippen molar-refractivity contribution in [2.75, 3.05) is 5.73 Å². The Morgan fingerprint density at radius 2 is 1.89 bits per heavy atom. The smallest absolute Gasteiger partial charge is 0.143 e. The molecule has 0 atom stereocenters. The highest BCUT2D eigenvalue weighted by molar-refractivity contribution is 6.37. The molecule has 0 aliphatic heterocycles. The number of nitrogens with zero attached hydrogens (tertiary/aromatic N) is 1. The van der Waals surface area contributed by atoms with E-state index in [1.807, 2.05) is 12.1 Å². The summed E-state index contributed by atoms with van der Waals surface area (Å²) in [6.45, 7) is 4.39. The van der Waals surface area contributed by atoms with Gasteiger partial charge in [0.05, 0.1) is 15.7 Å². The molecular weight excluding hydrogens is 279 g/mol. The normalized spacial score (nSPS) is 11.0. The van der Waals surface area contributed by atoms with E-state index in [2.05, 4.69) is 31.0 Å². The maximum atomic E-state index is 6.19. The number of rotatable bonds is 3. The second kappa shape index (κ2) is 5.81. The van der Waals surface area contributed by atoms with Crippen LogP contribution in [0.25, 0.3) is 11.3 Å². The van der Waals surface area contributed by atoms with Crippen molar-refractivity contribution in [2.45, 2.75) is 20.3 Å². The summed E-state index contributed by atoms with van der Waals surface area (Å²) in [5.74, 6) is 0.907. The zero-order valence-corrected chi connectivity index (χ0v) is 12.5. The molecule has 1 heterocycles. The van der Waals surface area contributed by atoms with E-state index in [9.17, 15) is 0 Å². The Morgan fingerprint density at radius 3 is 2.58 bits per heavy atom. The Morgan fingerprint density at radius 1 is 1.16 bits per heavy atom. The van der Waals surface area contributed by atoms with Crippen LogP contribution in [0, 0.1) is 5.92 Å². The molecule has 0 aliphatic carbocycles. The highest BCUT2D eigenvalue weighted by Crippen LogP contribution is 2.31. The Kier molecular flexibility index (Phi) is 4.33. The maximum Gasteiger partial charge on any atom is 0.143 e. The van der Waals surface area contributed by atoms with Crippen molar-refractivity contribution in [3.05, 3.63) is 45.9 Å². The van der Waals surface area contributed by atoms with Crippen molar-refractivity contribution in [3.63, 3.8) is 0 Å². The number of nitrogen functional groups attached to an aromatic ring is 1. The van der Waals surface area contributed by atoms with Gasteiger partial charge >= 0.3 is 0 Å². The Balaban J connectivity index is 2.44. The molecule has 0 unspecified atom stereocenters. The largest absolute Gasteiger partial charge is 0.382 e. The van der Waals surface area contributed by atoms with E-state index in [1.54, 1.807) is 6.07 Å². The second-order valence-electron chi connectivity index (χ2n) is 4.98. The summed E-state index contributed by atoms with van der Waals surface area (Å²) >= 11 is 12.1. The van der Waals surface area contributed by atoms with Gasteiger partial charge in [-0.15, -0.1) is 0 Å². The number of hydrogen-bond acceptors (Lipinski definition) is 2. The summed E-state index contributed by atoms with van der Waals surface area (Å²) in [6.07, 6.45) is 1.02. The Labute approximate surface area is 123 Å². The van der Waals surface area contributed by atoms with Crippen LogP contribution in [0.4, 0.5) is 5.82 Å². The number of hydrogen-bond donors (Lipinski definition) is 1. The van der Waals surface area contributed by atoms with E-state index < -0.39 is 0 Å². The predicted octanol–water partition coefficient (Wildman–Crippen LogP) is 4.84. The fourth-order valence-electron chi connectivity index (χ4n) is 2.00. The van der Waals surface area contributed by atoms with Crippen LogP contribution in [-0.4, -0.2) is 4.98 Å². The topological polar surface area (TPSA) is 38.9 Å². The number of aromatic nitrogens is 1. The van der Waals surface area contributed by atoms with Crippen LogP contribution < -0.4 is 5.73 Å². The number of benzene rings is 1. The zero-order chi connectivity index (χ0) is 14.0. The molecule has 0 bridgehead atoms. The van der Waals surface area contributed by atoms with Crippen LogP contribution in [-0.2, 0) is 6.42 Å². The lowest BCUT2D eigenvalue weighted by molar-refractivity contribution is 0.647. The quantitative estimate of drug-likeness (QED) is 0.880. The highest BCUT2D eigenvalue weighted by atomic mass is 35.5. The monoisotopic (exact) mass is 294 g/mol. The minimum absolute atomic E-state index is 0.301. The van der Waals surface area contributed by atoms with Crippen LogP contribution in [0.1, 0.15) is 19.4 Å². The molecule has 2 N–H and O–H groups in total. The molecule has 0 saturated heterocycles. The van der Waals surface area contributed by atoms with Gasteiger partial charge in [-0.05, 0) is 30.0 Å². The van der Waals surface area contributed by atoms with Gasteiger partial charge in [0, 0.05) is 5.56 Å². The summed E-state index contributed by atoms with van der Waals surface area (Å²) in [6, 6.07) is 9.83. The number of nitrogens with two attached hydrogens (primary N) is 1. The lowest BCUT2D eigenvalue weighted by Gasteiger charge is -2.09. The molecule has 0 spiro atoms. The van der Waals surface area contributed by atoms with E-state index in [0.717, 1.165) is 12.0 Å². The molecule has 0 amide bonds. The average Bonchev–Trinajstić information content (AvgIpc) is 2.33.